The molecule has 1 amide bonds. The Hall–Kier alpha value is -2.51. The maximum absolute atomic E-state index is 12.3. The highest BCUT2D eigenvalue weighted by molar-refractivity contribution is 7.99. The van der Waals surface area contributed by atoms with Crippen molar-refractivity contribution < 1.29 is 19.1 Å². The number of nitrogens with two attached hydrogens (primary N) is 1. The predicted molar refractivity (Wildman–Crippen MR) is 116 cm³/mol. The number of rotatable bonds is 11. The molecule has 0 unspecified atom stereocenters. The number of alkyl carbamates (subject to hydrolysis) is 1. The van der Waals surface area contributed by atoms with E-state index in [4.69, 9.17) is 15.2 Å². The van der Waals surface area contributed by atoms with Crippen LogP contribution >= 0.6 is 11.8 Å². The average Bonchev–Trinajstić information content (AvgIpc) is 2.73. The number of thioether (sulfide) groups is 1. The molecule has 156 valence electrons. The van der Waals surface area contributed by atoms with E-state index >= 15 is 0 Å². The maximum atomic E-state index is 12.3. The fourth-order valence-corrected chi connectivity index (χ4v) is 3.65. The quantitative estimate of drug-likeness (QED) is 0.547. The SMILES string of the molecule is CCOC(=O)[C@@H](N)CSC[C@@H](Cc1ccccc1)NC(=O)OCc1ccccc1. The first-order valence-electron chi connectivity index (χ1n) is 9.59. The van der Waals surface area contributed by atoms with Crippen LogP contribution in [0.4, 0.5) is 4.79 Å². The Balaban J connectivity index is 1.86. The van der Waals surface area contributed by atoms with Crippen molar-refractivity contribution in [3.8, 4) is 0 Å². The van der Waals surface area contributed by atoms with Crippen LogP contribution in [0.2, 0.25) is 0 Å². The van der Waals surface area contributed by atoms with Crippen molar-refractivity contribution in [1.82, 2.24) is 5.32 Å². The van der Waals surface area contributed by atoms with E-state index in [1.54, 1.807) is 6.92 Å². The molecule has 2 aromatic rings. The molecule has 2 atom stereocenters. The summed E-state index contributed by atoms with van der Waals surface area (Å²) in [5.74, 6) is 0.614. The van der Waals surface area contributed by atoms with E-state index in [1.807, 2.05) is 60.7 Å². The summed E-state index contributed by atoms with van der Waals surface area (Å²) in [6.45, 7) is 2.27. The van der Waals surface area contributed by atoms with Crippen LogP contribution in [0.25, 0.3) is 0 Å². The smallest absolute Gasteiger partial charge is 0.407 e. The van der Waals surface area contributed by atoms with Gasteiger partial charge in [-0.15, -0.1) is 0 Å². The highest BCUT2D eigenvalue weighted by Gasteiger charge is 2.18. The normalized spacial score (nSPS) is 12.6. The predicted octanol–water partition coefficient (Wildman–Crippen LogP) is 3.15. The molecule has 0 aliphatic rings. The molecule has 0 aromatic heterocycles. The Labute approximate surface area is 176 Å². The first-order chi connectivity index (χ1) is 14.1. The van der Waals surface area contributed by atoms with Crippen LogP contribution in [0.1, 0.15) is 18.1 Å². The first-order valence-corrected chi connectivity index (χ1v) is 10.7. The second-order valence-electron chi connectivity index (χ2n) is 6.49. The number of carbonyl (C=O) groups excluding carboxylic acids is 2. The molecule has 3 N–H and O–H groups in total. The maximum Gasteiger partial charge on any atom is 0.407 e. The van der Waals surface area contributed by atoms with Crippen LogP contribution in [-0.2, 0) is 27.3 Å². The largest absolute Gasteiger partial charge is 0.465 e. The van der Waals surface area contributed by atoms with Gasteiger partial charge in [0, 0.05) is 17.5 Å². The zero-order chi connectivity index (χ0) is 20.9. The van der Waals surface area contributed by atoms with Gasteiger partial charge in [-0.05, 0) is 24.5 Å². The number of benzene rings is 2. The fourth-order valence-electron chi connectivity index (χ4n) is 2.64. The summed E-state index contributed by atoms with van der Waals surface area (Å²) in [4.78, 5) is 23.9. The Morgan fingerprint density at radius 2 is 1.59 bits per heavy atom. The van der Waals surface area contributed by atoms with E-state index in [9.17, 15) is 9.59 Å². The van der Waals surface area contributed by atoms with Gasteiger partial charge in [0.1, 0.15) is 12.6 Å². The lowest BCUT2D eigenvalue weighted by Gasteiger charge is -2.19. The number of esters is 1. The minimum absolute atomic E-state index is 0.153. The van der Waals surface area contributed by atoms with E-state index in [0.29, 0.717) is 24.5 Å². The topological polar surface area (TPSA) is 90.6 Å². The van der Waals surface area contributed by atoms with Crippen molar-refractivity contribution >= 4 is 23.8 Å². The molecule has 0 spiro atoms. The Morgan fingerprint density at radius 3 is 2.21 bits per heavy atom. The van der Waals surface area contributed by atoms with Gasteiger partial charge in [-0.2, -0.15) is 11.8 Å². The van der Waals surface area contributed by atoms with Crippen LogP contribution < -0.4 is 11.1 Å². The molecule has 0 fully saturated rings. The van der Waals surface area contributed by atoms with Gasteiger partial charge in [0.2, 0.25) is 0 Å². The van der Waals surface area contributed by atoms with E-state index in [1.165, 1.54) is 11.8 Å². The second-order valence-corrected chi connectivity index (χ2v) is 7.56. The highest BCUT2D eigenvalue weighted by Crippen LogP contribution is 2.11. The molecule has 2 rings (SSSR count). The van der Waals surface area contributed by atoms with Crippen molar-refractivity contribution in [2.24, 2.45) is 5.73 Å². The summed E-state index contributed by atoms with van der Waals surface area (Å²) in [6, 6.07) is 18.6. The van der Waals surface area contributed by atoms with Crippen LogP contribution in [0.3, 0.4) is 0 Å². The molecular formula is C22H28N2O4S. The molecule has 0 bridgehead atoms. The van der Waals surface area contributed by atoms with Crippen molar-refractivity contribution in [1.29, 1.82) is 0 Å². The van der Waals surface area contributed by atoms with Crippen LogP contribution in [0.15, 0.2) is 60.7 Å². The molecule has 2 aromatic carbocycles. The van der Waals surface area contributed by atoms with Crippen LogP contribution in [0, 0.1) is 0 Å². The standard InChI is InChI=1S/C22H28N2O4S/c1-2-27-21(25)20(23)16-29-15-19(13-17-9-5-3-6-10-17)24-22(26)28-14-18-11-7-4-8-12-18/h3-12,19-20H,2,13-16,23H2,1H3,(H,24,26)/t19-,20+/m1/s1. The van der Waals surface area contributed by atoms with Gasteiger partial charge in [0.15, 0.2) is 0 Å². The van der Waals surface area contributed by atoms with Crippen molar-refractivity contribution in [3.63, 3.8) is 0 Å². The molecular weight excluding hydrogens is 388 g/mol. The zero-order valence-electron chi connectivity index (χ0n) is 16.6. The lowest BCUT2D eigenvalue weighted by atomic mass is 10.1. The molecule has 0 aliphatic heterocycles. The van der Waals surface area contributed by atoms with E-state index in [-0.39, 0.29) is 12.6 Å². The third-order valence-electron chi connectivity index (χ3n) is 4.07. The Bertz CT molecular complexity index is 743. The van der Waals surface area contributed by atoms with Gasteiger partial charge < -0.3 is 20.5 Å². The van der Waals surface area contributed by atoms with Gasteiger partial charge in [0.25, 0.3) is 0 Å². The number of nitrogens with one attached hydrogen (secondary N) is 1. The summed E-state index contributed by atoms with van der Waals surface area (Å²) in [5.41, 5.74) is 7.88. The summed E-state index contributed by atoms with van der Waals surface area (Å²) in [6.07, 6.45) is 0.188. The molecule has 0 heterocycles. The molecule has 7 heteroatoms. The van der Waals surface area contributed by atoms with Gasteiger partial charge in [-0.1, -0.05) is 60.7 Å². The summed E-state index contributed by atoms with van der Waals surface area (Å²) in [7, 11) is 0. The molecule has 29 heavy (non-hydrogen) atoms. The second kappa shape index (κ2) is 12.9. The molecule has 6 nitrogen and oxygen atoms in total. The number of hydrogen-bond acceptors (Lipinski definition) is 6. The lowest BCUT2D eigenvalue weighted by Crippen LogP contribution is -2.40. The van der Waals surface area contributed by atoms with Gasteiger partial charge in [-0.25, -0.2) is 4.79 Å². The van der Waals surface area contributed by atoms with Gasteiger partial charge in [0.05, 0.1) is 6.61 Å². The minimum atomic E-state index is -0.678. The third kappa shape index (κ3) is 9.02. The molecule has 0 saturated carbocycles. The fraction of sp³-hybridized carbons (Fsp3) is 0.364. The van der Waals surface area contributed by atoms with Gasteiger partial charge >= 0.3 is 12.1 Å². The van der Waals surface area contributed by atoms with Crippen LogP contribution in [0.5, 0.6) is 0 Å². The van der Waals surface area contributed by atoms with E-state index in [2.05, 4.69) is 5.32 Å². The number of hydrogen-bond donors (Lipinski definition) is 2. The van der Waals surface area contributed by atoms with Crippen molar-refractivity contribution in [2.45, 2.75) is 32.0 Å². The Morgan fingerprint density at radius 1 is 0.966 bits per heavy atom. The van der Waals surface area contributed by atoms with Crippen LogP contribution in [-0.4, -0.2) is 42.3 Å². The number of carbonyl (C=O) groups is 2. The Kier molecular flexibility index (Phi) is 10.1. The molecule has 0 radical (unpaired) electrons. The van der Waals surface area contributed by atoms with Crippen molar-refractivity contribution in [2.75, 3.05) is 18.1 Å². The number of amides is 1. The number of ether oxygens (including phenoxy) is 2. The molecule has 0 saturated heterocycles. The van der Waals surface area contributed by atoms with E-state index in [0.717, 1.165) is 11.1 Å². The third-order valence-corrected chi connectivity index (χ3v) is 5.30. The monoisotopic (exact) mass is 416 g/mol. The summed E-state index contributed by atoms with van der Waals surface area (Å²) >= 11 is 1.50. The summed E-state index contributed by atoms with van der Waals surface area (Å²) in [5, 5.41) is 2.92. The zero-order valence-corrected chi connectivity index (χ0v) is 17.4. The van der Waals surface area contributed by atoms with E-state index < -0.39 is 18.1 Å². The average molecular weight is 417 g/mol. The highest BCUT2D eigenvalue weighted by atomic mass is 32.2. The minimum Gasteiger partial charge on any atom is -0.465 e. The summed E-state index contributed by atoms with van der Waals surface area (Å²) < 4.78 is 10.3. The molecule has 0 aliphatic carbocycles. The van der Waals surface area contributed by atoms with Crippen molar-refractivity contribution in [3.05, 3.63) is 71.8 Å². The van der Waals surface area contributed by atoms with Gasteiger partial charge in [-0.3, -0.25) is 4.79 Å². The first kappa shape index (κ1) is 22.8. The lowest BCUT2D eigenvalue weighted by molar-refractivity contribution is -0.144.